The van der Waals surface area contributed by atoms with E-state index in [2.05, 4.69) is 0 Å². The highest BCUT2D eigenvalue weighted by Gasteiger charge is 2.08. The van der Waals surface area contributed by atoms with Crippen LogP contribution in [-0.2, 0) is 9.53 Å². The molecule has 0 spiro atoms. The molecule has 0 fully saturated rings. The molecule has 0 radical (unpaired) electrons. The third-order valence-corrected chi connectivity index (χ3v) is 1.44. The van der Waals surface area contributed by atoms with E-state index in [1.54, 1.807) is 6.08 Å². The SMILES string of the molecule is O=C(O)C1=CCCOCC1. The summed E-state index contributed by atoms with van der Waals surface area (Å²) in [7, 11) is 0. The molecule has 1 heterocycles. The molecule has 0 bridgehead atoms. The van der Waals surface area contributed by atoms with Crippen LogP contribution in [0, 0.1) is 0 Å². The fraction of sp³-hybridized carbons (Fsp3) is 0.571. The zero-order chi connectivity index (χ0) is 7.40. The molecule has 0 aromatic rings. The molecule has 1 N–H and O–H groups in total. The molecule has 3 heteroatoms. The maximum Gasteiger partial charge on any atom is 0.331 e. The highest BCUT2D eigenvalue weighted by molar-refractivity contribution is 5.86. The molecular weight excluding hydrogens is 132 g/mol. The van der Waals surface area contributed by atoms with Crippen molar-refractivity contribution in [3.05, 3.63) is 11.6 Å². The first-order valence-electron chi connectivity index (χ1n) is 3.31. The Labute approximate surface area is 59.3 Å². The van der Waals surface area contributed by atoms with Crippen molar-refractivity contribution in [1.29, 1.82) is 0 Å². The minimum Gasteiger partial charge on any atom is -0.478 e. The van der Waals surface area contributed by atoms with Gasteiger partial charge in [0.25, 0.3) is 0 Å². The van der Waals surface area contributed by atoms with Gasteiger partial charge < -0.3 is 9.84 Å². The Kier molecular flexibility index (Phi) is 2.45. The summed E-state index contributed by atoms with van der Waals surface area (Å²) in [4.78, 5) is 10.4. The molecule has 0 amide bonds. The smallest absolute Gasteiger partial charge is 0.331 e. The van der Waals surface area contributed by atoms with Gasteiger partial charge in [-0.25, -0.2) is 4.79 Å². The molecule has 3 nitrogen and oxygen atoms in total. The molecule has 0 saturated heterocycles. The van der Waals surface area contributed by atoms with E-state index in [0.717, 1.165) is 6.42 Å². The van der Waals surface area contributed by atoms with Gasteiger partial charge in [-0.2, -0.15) is 0 Å². The highest BCUT2D eigenvalue weighted by Crippen LogP contribution is 2.07. The van der Waals surface area contributed by atoms with E-state index in [-0.39, 0.29) is 0 Å². The zero-order valence-corrected chi connectivity index (χ0v) is 5.67. The molecule has 0 aliphatic carbocycles. The third kappa shape index (κ3) is 1.84. The second kappa shape index (κ2) is 3.37. The lowest BCUT2D eigenvalue weighted by Crippen LogP contribution is -2.01. The Balaban J connectivity index is 2.54. The maximum absolute atomic E-state index is 10.4. The minimum absolute atomic E-state index is 0.484. The first-order valence-corrected chi connectivity index (χ1v) is 3.31. The molecule has 56 valence electrons. The largest absolute Gasteiger partial charge is 0.478 e. The number of carboxylic acid groups (broad SMARTS) is 1. The predicted molar refractivity (Wildman–Crippen MR) is 35.8 cm³/mol. The van der Waals surface area contributed by atoms with Gasteiger partial charge in [-0.15, -0.1) is 0 Å². The number of ether oxygens (including phenoxy) is 1. The lowest BCUT2D eigenvalue weighted by molar-refractivity contribution is -0.132. The fourth-order valence-electron chi connectivity index (χ4n) is 0.897. The first-order chi connectivity index (χ1) is 4.80. The second-order valence-electron chi connectivity index (χ2n) is 2.19. The Bertz CT molecular complexity index is 160. The van der Waals surface area contributed by atoms with Crippen LogP contribution < -0.4 is 0 Å². The molecule has 0 aromatic heterocycles. The Hall–Kier alpha value is -0.830. The van der Waals surface area contributed by atoms with E-state index in [4.69, 9.17) is 9.84 Å². The third-order valence-electron chi connectivity index (χ3n) is 1.44. The van der Waals surface area contributed by atoms with Crippen LogP contribution in [0.5, 0.6) is 0 Å². The molecule has 1 aliphatic heterocycles. The van der Waals surface area contributed by atoms with Crippen molar-refractivity contribution in [3.8, 4) is 0 Å². The van der Waals surface area contributed by atoms with E-state index >= 15 is 0 Å². The van der Waals surface area contributed by atoms with Crippen molar-refractivity contribution in [2.24, 2.45) is 0 Å². The van der Waals surface area contributed by atoms with E-state index in [1.807, 2.05) is 0 Å². The van der Waals surface area contributed by atoms with E-state index in [1.165, 1.54) is 0 Å². The number of rotatable bonds is 1. The van der Waals surface area contributed by atoms with E-state index in [0.29, 0.717) is 25.2 Å². The summed E-state index contributed by atoms with van der Waals surface area (Å²) in [6.45, 7) is 1.19. The minimum atomic E-state index is -0.814. The monoisotopic (exact) mass is 142 g/mol. The Morgan fingerprint density at radius 2 is 2.40 bits per heavy atom. The van der Waals surface area contributed by atoms with Gasteiger partial charge in [0.05, 0.1) is 13.2 Å². The summed E-state index contributed by atoms with van der Waals surface area (Å²) >= 11 is 0. The maximum atomic E-state index is 10.4. The van der Waals surface area contributed by atoms with Crippen LogP contribution in [-0.4, -0.2) is 24.3 Å². The summed E-state index contributed by atoms with van der Waals surface area (Å²) in [5.74, 6) is -0.814. The van der Waals surface area contributed by atoms with Gasteiger partial charge in [-0.1, -0.05) is 6.08 Å². The van der Waals surface area contributed by atoms with Crippen LogP contribution >= 0.6 is 0 Å². The summed E-state index contributed by atoms with van der Waals surface area (Å²) in [5.41, 5.74) is 0.484. The quantitative estimate of drug-likeness (QED) is 0.589. The van der Waals surface area contributed by atoms with Crippen LogP contribution in [0.1, 0.15) is 12.8 Å². The normalized spacial score (nSPS) is 19.4. The van der Waals surface area contributed by atoms with Crippen molar-refractivity contribution in [2.45, 2.75) is 12.8 Å². The fourth-order valence-corrected chi connectivity index (χ4v) is 0.897. The van der Waals surface area contributed by atoms with Gasteiger partial charge in [0.1, 0.15) is 0 Å². The number of carboxylic acids is 1. The molecule has 10 heavy (non-hydrogen) atoms. The molecule has 0 unspecified atom stereocenters. The second-order valence-corrected chi connectivity index (χ2v) is 2.19. The highest BCUT2D eigenvalue weighted by atomic mass is 16.5. The average molecular weight is 142 g/mol. The molecule has 1 aliphatic rings. The molecular formula is C7H10O3. The first kappa shape index (κ1) is 7.28. The van der Waals surface area contributed by atoms with Crippen LogP contribution in [0.4, 0.5) is 0 Å². The van der Waals surface area contributed by atoms with Gasteiger partial charge in [0, 0.05) is 12.0 Å². The Morgan fingerprint density at radius 3 is 3.10 bits per heavy atom. The summed E-state index contributed by atoms with van der Waals surface area (Å²) < 4.78 is 5.06. The average Bonchev–Trinajstić information content (AvgIpc) is 2.12. The van der Waals surface area contributed by atoms with Crippen LogP contribution in [0.2, 0.25) is 0 Å². The van der Waals surface area contributed by atoms with Gasteiger partial charge in [-0.05, 0) is 6.42 Å². The van der Waals surface area contributed by atoms with E-state index < -0.39 is 5.97 Å². The van der Waals surface area contributed by atoms with Crippen molar-refractivity contribution in [3.63, 3.8) is 0 Å². The molecule has 0 aromatic carbocycles. The van der Waals surface area contributed by atoms with Crippen molar-refractivity contribution >= 4 is 5.97 Å². The molecule has 0 atom stereocenters. The van der Waals surface area contributed by atoms with Crippen LogP contribution in [0.3, 0.4) is 0 Å². The Morgan fingerprint density at radius 1 is 1.60 bits per heavy atom. The number of hydrogen-bond acceptors (Lipinski definition) is 2. The molecule has 1 rings (SSSR count). The van der Waals surface area contributed by atoms with Gasteiger partial charge in [-0.3, -0.25) is 0 Å². The lowest BCUT2D eigenvalue weighted by Gasteiger charge is -1.96. The predicted octanol–water partition coefficient (Wildman–Crippen LogP) is 0.808. The van der Waals surface area contributed by atoms with Crippen molar-refractivity contribution in [1.82, 2.24) is 0 Å². The van der Waals surface area contributed by atoms with Gasteiger partial charge in [0.15, 0.2) is 0 Å². The lowest BCUT2D eigenvalue weighted by atomic mass is 10.2. The molecule has 0 saturated carbocycles. The number of hydrogen-bond donors (Lipinski definition) is 1. The number of aliphatic carboxylic acids is 1. The van der Waals surface area contributed by atoms with Crippen molar-refractivity contribution < 1.29 is 14.6 Å². The van der Waals surface area contributed by atoms with Gasteiger partial charge >= 0.3 is 5.97 Å². The summed E-state index contributed by atoms with van der Waals surface area (Å²) in [6.07, 6.45) is 2.99. The van der Waals surface area contributed by atoms with Crippen molar-refractivity contribution in [2.75, 3.05) is 13.2 Å². The van der Waals surface area contributed by atoms with Crippen LogP contribution in [0.15, 0.2) is 11.6 Å². The van der Waals surface area contributed by atoms with E-state index in [9.17, 15) is 4.79 Å². The summed E-state index contributed by atoms with van der Waals surface area (Å²) in [6, 6.07) is 0. The number of carbonyl (C=O) groups is 1. The summed E-state index contributed by atoms with van der Waals surface area (Å²) in [5, 5.41) is 8.54. The zero-order valence-electron chi connectivity index (χ0n) is 5.67. The standard InChI is InChI=1S/C7H10O3/c8-7(9)6-2-1-4-10-5-3-6/h2H,1,3-5H2,(H,8,9). The van der Waals surface area contributed by atoms with Gasteiger partial charge in [0.2, 0.25) is 0 Å². The van der Waals surface area contributed by atoms with Crippen LogP contribution in [0.25, 0.3) is 0 Å². The topological polar surface area (TPSA) is 46.5 Å².